The van der Waals surface area contributed by atoms with Crippen LogP contribution in [0.4, 0.5) is 0 Å². The third-order valence-corrected chi connectivity index (χ3v) is 2.81. The molecular formula is C4H14B2P2. The van der Waals surface area contributed by atoms with Crippen LogP contribution in [-0.4, -0.2) is 27.5 Å². The Bertz CT molecular complexity index is 37.0. The van der Waals surface area contributed by atoms with Crippen LogP contribution in [0.3, 0.4) is 0 Å². The third-order valence-electron chi connectivity index (χ3n) is 1.10. The molecule has 0 N–H and O–H groups in total. The molecule has 0 aliphatic carbocycles. The molecule has 0 aromatic heterocycles. The molecule has 0 aromatic carbocycles. The SMILES string of the molecule is BPCCCCPB. The molecule has 0 radical (unpaired) electrons. The molecule has 0 nitrogen and oxygen atoms in total. The topological polar surface area (TPSA) is 0 Å². The summed E-state index contributed by atoms with van der Waals surface area (Å²) < 4.78 is 0. The Morgan fingerprint density at radius 2 is 1.25 bits per heavy atom. The summed E-state index contributed by atoms with van der Waals surface area (Å²) in [5.74, 6) is 0. The van der Waals surface area contributed by atoms with E-state index in [1.54, 1.807) is 0 Å². The van der Waals surface area contributed by atoms with Gasteiger partial charge in [0.2, 0.25) is 0 Å². The van der Waals surface area contributed by atoms with Crippen molar-refractivity contribution in [2.24, 2.45) is 0 Å². The Balaban J connectivity index is 2.53. The molecule has 4 heteroatoms. The van der Waals surface area contributed by atoms with Crippen LogP contribution in [0.2, 0.25) is 0 Å². The maximum atomic E-state index is 2.29. The average Bonchev–Trinajstić information content (AvgIpc) is 1.81. The first kappa shape index (κ1) is 8.99. The van der Waals surface area contributed by atoms with Gasteiger partial charge in [-0.2, -0.15) is 16.9 Å². The molecule has 2 atom stereocenters. The summed E-state index contributed by atoms with van der Waals surface area (Å²) in [4.78, 5) is 0. The Kier molecular flexibility index (Phi) is 8.98. The summed E-state index contributed by atoms with van der Waals surface area (Å²) in [6.45, 7) is 0. The number of hydrogen-bond acceptors (Lipinski definition) is 0. The van der Waals surface area contributed by atoms with Gasteiger partial charge in [-0.15, -0.1) is 0 Å². The fourth-order valence-electron chi connectivity index (χ4n) is 0.604. The van der Waals surface area contributed by atoms with Crippen molar-refractivity contribution < 1.29 is 0 Å². The zero-order chi connectivity index (χ0) is 6.24. The van der Waals surface area contributed by atoms with Gasteiger partial charge in [0, 0.05) is 0 Å². The quantitative estimate of drug-likeness (QED) is 0.295. The van der Waals surface area contributed by atoms with E-state index in [9.17, 15) is 0 Å². The molecular weight excluding hydrogens is 132 g/mol. The van der Waals surface area contributed by atoms with Crippen molar-refractivity contribution in [2.45, 2.75) is 12.8 Å². The maximum absolute atomic E-state index is 2.29. The van der Waals surface area contributed by atoms with Crippen LogP contribution in [0.1, 0.15) is 12.8 Å². The summed E-state index contributed by atoms with van der Waals surface area (Å²) in [5.41, 5.74) is 0. The van der Waals surface area contributed by atoms with E-state index in [2.05, 4.69) is 15.1 Å². The average molecular weight is 146 g/mol. The van der Waals surface area contributed by atoms with E-state index >= 15 is 0 Å². The molecule has 0 saturated carbocycles. The Labute approximate surface area is 57.9 Å². The first-order valence-corrected chi connectivity index (χ1v) is 6.62. The minimum absolute atomic E-state index is 1.17. The zero-order valence-electron chi connectivity index (χ0n) is 5.83. The summed E-state index contributed by atoms with van der Waals surface area (Å²) in [6.07, 6.45) is 5.86. The molecule has 0 fully saturated rings. The molecule has 0 bridgehead atoms. The van der Waals surface area contributed by atoms with Crippen LogP contribution in [0.5, 0.6) is 0 Å². The summed E-state index contributed by atoms with van der Waals surface area (Å²) in [5, 5.41) is 0. The molecule has 0 saturated heterocycles. The minimum Gasteiger partial charge on any atom is -0.164 e. The van der Waals surface area contributed by atoms with Crippen molar-refractivity contribution in [3.63, 3.8) is 0 Å². The van der Waals surface area contributed by atoms with E-state index in [4.69, 9.17) is 0 Å². The smallest absolute Gasteiger partial charge is 0.130 e. The van der Waals surface area contributed by atoms with Gasteiger partial charge in [-0.25, -0.2) is 0 Å². The molecule has 0 aliphatic rings. The van der Waals surface area contributed by atoms with E-state index in [1.807, 2.05) is 0 Å². The Morgan fingerprint density at radius 3 is 1.50 bits per heavy atom. The van der Waals surface area contributed by atoms with Crippen LogP contribution in [0.15, 0.2) is 0 Å². The Hall–Kier alpha value is 0.990. The fourth-order valence-corrected chi connectivity index (χ4v) is 1.81. The predicted octanol–water partition coefficient (Wildman–Crippen LogP) is 0.220. The van der Waals surface area contributed by atoms with Gasteiger partial charge in [-0.1, -0.05) is 12.8 Å². The van der Waals surface area contributed by atoms with Gasteiger partial charge in [0.25, 0.3) is 0 Å². The standard InChI is InChI=1S/C4H14B2P2/c5-7-3-1-2-4-8-6/h7-8H,1-6H2. The highest BCUT2D eigenvalue weighted by molar-refractivity contribution is 7.66. The summed E-state index contributed by atoms with van der Waals surface area (Å²) >= 11 is 0. The van der Waals surface area contributed by atoms with Crippen LogP contribution in [0.25, 0.3) is 0 Å². The van der Waals surface area contributed by atoms with Crippen LogP contribution < -0.4 is 0 Å². The second-order valence-electron chi connectivity index (χ2n) is 1.91. The summed E-state index contributed by atoms with van der Waals surface area (Å²) in [7, 11) is 6.92. The lowest BCUT2D eigenvalue weighted by Crippen LogP contribution is -1.79. The zero-order valence-corrected chi connectivity index (χ0v) is 7.83. The molecule has 0 spiro atoms. The highest BCUT2D eigenvalue weighted by atomic mass is 31.1. The van der Waals surface area contributed by atoms with Gasteiger partial charge < -0.3 is 0 Å². The van der Waals surface area contributed by atoms with E-state index in [-0.39, 0.29) is 0 Å². The second-order valence-corrected chi connectivity index (χ2v) is 4.33. The van der Waals surface area contributed by atoms with Gasteiger partial charge in [0.1, 0.15) is 15.1 Å². The number of hydrogen-bond donors (Lipinski definition) is 0. The van der Waals surface area contributed by atoms with E-state index in [1.165, 1.54) is 42.1 Å². The van der Waals surface area contributed by atoms with Crippen LogP contribution >= 0.6 is 16.9 Å². The molecule has 0 rings (SSSR count). The molecule has 46 valence electrons. The number of unbranched alkanes of at least 4 members (excludes halogenated alkanes) is 1. The van der Waals surface area contributed by atoms with Gasteiger partial charge >= 0.3 is 0 Å². The molecule has 0 aliphatic heterocycles. The van der Waals surface area contributed by atoms with Crippen molar-refractivity contribution in [3.8, 4) is 0 Å². The van der Waals surface area contributed by atoms with E-state index < -0.39 is 0 Å². The van der Waals surface area contributed by atoms with Crippen LogP contribution in [-0.2, 0) is 0 Å². The monoisotopic (exact) mass is 146 g/mol. The van der Waals surface area contributed by atoms with Gasteiger partial charge in [-0.3, -0.25) is 0 Å². The number of rotatable bonds is 5. The van der Waals surface area contributed by atoms with Crippen molar-refractivity contribution >= 4 is 32.1 Å². The predicted molar refractivity (Wildman–Crippen MR) is 52.7 cm³/mol. The molecule has 8 heavy (non-hydrogen) atoms. The Morgan fingerprint density at radius 1 is 0.875 bits per heavy atom. The molecule has 0 amide bonds. The molecule has 0 heterocycles. The normalized spacial score (nSPS) is 12.5. The second kappa shape index (κ2) is 7.99. The first-order valence-electron chi connectivity index (χ1n) is 3.21. The first-order chi connectivity index (χ1) is 3.91. The van der Waals surface area contributed by atoms with Gasteiger partial charge in [-0.05, 0) is 12.3 Å². The lowest BCUT2D eigenvalue weighted by molar-refractivity contribution is 0.907. The van der Waals surface area contributed by atoms with Crippen molar-refractivity contribution in [1.82, 2.24) is 0 Å². The van der Waals surface area contributed by atoms with Gasteiger partial charge in [0.15, 0.2) is 0 Å². The largest absolute Gasteiger partial charge is 0.164 e. The minimum atomic E-state index is 1.17. The van der Waals surface area contributed by atoms with Crippen LogP contribution in [0, 0.1) is 0 Å². The lowest BCUT2D eigenvalue weighted by Gasteiger charge is -1.94. The maximum Gasteiger partial charge on any atom is 0.130 e. The highest BCUT2D eigenvalue weighted by Crippen LogP contribution is 2.09. The highest BCUT2D eigenvalue weighted by Gasteiger charge is 1.83. The van der Waals surface area contributed by atoms with E-state index in [0.29, 0.717) is 0 Å². The van der Waals surface area contributed by atoms with Gasteiger partial charge in [0.05, 0.1) is 0 Å². The van der Waals surface area contributed by atoms with Crippen molar-refractivity contribution in [2.75, 3.05) is 12.3 Å². The lowest BCUT2D eigenvalue weighted by atomic mass is 10.4. The summed E-state index contributed by atoms with van der Waals surface area (Å²) in [6, 6.07) is 0. The molecule has 0 aromatic rings. The molecule has 2 unspecified atom stereocenters. The van der Waals surface area contributed by atoms with Crippen molar-refractivity contribution in [1.29, 1.82) is 0 Å². The third kappa shape index (κ3) is 6.99. The van der Waals surface area contributed by atoms with E-state index in [0.717, 1.165) is 0 Å². The van der Waals surface area contributed by atoms with Crippen molar-refractivity contribution in [3.05, 3.63) is 0 Å². The fraction of sp³-hybridized carbons (Fsp3) is 1.00.